The lowest BCUT2D eigenvalue weighted by Gasteiger charge is -2.20. The van der Waals surface area contributed by atoms with Crippen molar-refractivity contribution in [3.05, 3.63) is 23.4 Å². The number of hydrogen-bond donors (Lipinski definition) is 1. The number of hydrogen-bond acceptors (Lipinski definition) is 6. The molecule has 0 bridgehead atoms. The van der Waals surface area contributed by atoms with Gasteiger partial charge in [0, 0.05) is 50.1 Å². The standard InChI is InChI=1S/C23H35N3O3/c1-6-26(9-11-27-4)8-7-10-29-22-15-20-18(14-21(22)28-5)23(24-3)17-12-16(2)13-19(17)25-20/h14-16H,6-13H2,1-5H3,(H,24,25). The van der Waals surface area contributed by atoms with Gasteiger partial charge in [-0.1, -0.05) is 13.8 Å². The lowest BCUT2D eigenvalue weighted by molar-refractivity contribution is 0.145. The van der Waals surface area contributed by atoms with E-state index in [1.54, 1.807) is 14.2 Å². The van der Waals surface area contributed by atoms with Crippen LogP contribution >= 0.6 is 0 Å². The topological polar surface area (TPSA) is 55.9 Å². The molecule has 1 aromatic carbocycles. The van der Waals surface area contributed by atoms with Crippen LogP contribution in [0.1, 0.15) is 31.5 Å². The average Bonchev–Trinajstić information content (AvgIpc) is 3.10. The molecule has 1 heterocycles. The summed E-state index contributed by atoms with van der Waals surface area (Å²) in [4.78, 5) is 7.33. The second-order valence-corrected chi connectivity index (χ2v) is 7.82. The minimum atomic E-state index is 0.638. The van der Waals surface area contributed by atoms with E-state index in [1.807, 2.05) is 13.1 Å². The molecule has 1 unspecified atom stereocenters. The Morgan fingerprint density at radius 3 is 2.66 bits per heavy atom. The highest BCUT2D eigenvalue weighted by molar-refractivity contribution is 5.95. The molecule has 0 saturated carbocycles. The Balaban J connectivity index is 1.76. The Morgan fingerprint density at radius 1 is 1.14 bits per heavy atom. The first kappa shape index (κ1) is 21.7. The maximum absolute atomic E-state index is 6.11. The third kappa shape index (κ3) is 4.93. The van der Waals surface area contributed by atoms with Gasteiger partial charge in [0.25, 0.3) is 0 Å². The average molecular weight is 402 g/mol. The summed E-state index contributed by atoms with van der Waals surface area (Å²) in [7, 11) is 5.42. The van der Waals surface area contributed by atoms with Gasteiger partial charge in [-0.2, -0.15) is 0 Å². The summed E-state index contributed by atoms with van der Waals surface area (Å²) in [5.41, 5.74) is 4.70. The summed E-state index contributed by atoms with van der Waals surface area (Å²) in [5.74, 6) is 2.16. The number of rotatable bonds is 11. The van der Waals surface area contributed by atoms with Crippen molar-refractivity contribution < 1.29 is 14.2 Å². The van der Waals surface area contributed by atoms with Crippen LogP contribution in [0, 0.1) is 5.92 Å². The first-order valence-corrected chi connectivity index (χ1v) is 10.7. The number of benzene rings is 1. The molecule has 1 aromatic heterocycles. The van der Waals surface area contributed by atoms with Crippen molar-refractivity contribution in [2.24, 2.45) is 5.92 Å². The molecule has 6 heteroatoms. The van der Waals surface area contributed by atoms with Gasteiger partial charge in [0.1, 0.15) is 0 Å². The number of pyridine rings is 1. The highest BCUT2D eigenvalue weighted by atomic mass is 16.5. The summed E-state index contributed by atoms with van der Waals surface area (Å²) in [5, 5.41) is 4.50. The maximum atomic E-state index is 6.11. The number of aromatic nitrogens is 1. The van der Waals surface area contributed by atoms with E-state index in [0.717, 1.165) is 67.9 Å². The molecule has 6 nitrogen and oxygen atoms in total. The van der Waals surface area contributed by atoms with Gasteiger partial charge in [-0.15, -0.1) is 0 Å². The normalized spacial score (nSPS) is 15.7. The molecule has 0 spiro atoms. The summed E-state index contributed by atoms with van der Waals surface area (Å²) in [6.07, 6.45) is 3.07. The van der Waals surface area contributed by atoms with E-state index in [2.05, 4.69) is 30.1 Å². The predicted octanol–water partition coefficient (Wildman–Crippen LogP) is 3.76. The van der Waals surface area contributed by atoms with Crippen molar-refractivity contribution in [1.82, 2.24) is 9.88 Å². The van der Waals surface area contributed by atoms with Crippen molar-refractivity contribution in [2.75, 3.05) is 59.4 Å². The fourth-order valence-corrected chi connectivity index (χ4v) is 4.18. The molecule has 29 heavy (non-hydrogen) atoms. The SMILES string of the molecule is CCN(CCCOc1cc2nc3c(c(NC)c2cc1OC)CC(C)C3)CCOC. The van der Waals surface area contributed by atoms with Gasteiger partial charge >= 0.3 is 0 Å². The van der Waals surface area contributed by atoms with Crippen LogP contribution in [0.4, 0.5) is 5.69 Å². The number of likely N-dealkylation sites (N-methyl/N-ethyl adjacent to an activating group) is 1. The van der Waals surface area contributed by atoms with E-state index in [1.165, 1.54) is 16.9 Å². The second kappa shape index (κ2) is 10.1. The predicted molar refractivity (Wildman–Crippen MR) is 119 cm³/mol. The fraction of sp³-hybridized carbons (Fsp3) is 0.609. The number of fused-ring (bicyclic) bond motifs is 2. The molecule has 0 saturated heterocycles. The molecular weight excluding hydrogens is 366 g/mol. The summed E-state index contributed by atoms with van der Waals surface area (Å²) in [6.45, 7) is 8.82. The largest absolute Gasteiger partial charge is 0.493 e. The Labute approximate surface area is 174 Å². The summed E-state index contributed by atoms with van der Waals surface area (Å²) in [6, 6.07) is 4.09. The Hall–Kier alpha value is -2.05. The van der Waals surface area contributed by atoms with Crippen LogP contribution in [-0.4, -0.2) is 64.0 Å². The van der Waals surface area contributed by atoms with Crippen LogP contribution in [-0.2, 0) is 17.6 Å². The number of methoxy groups -OCH3 is 2. The van der Waals surface area contributed by atoms with Crippen LogP contribution in [0.2, 0.25) is 0 Å². The monoisotopic (exact) mass is 401 g/mol. The van der Waals surface area contributed by atoms with E-state index in [0.29, 0.717) is 12.5 Å². The third-order valence-corrected chi connectivity index (χ3v) is 5.74. The van der Waals surface area contributed by atoms with Crippen LogP contribution in [0.5, 0.6) is 11.5 Å². The molecule has 2 aromatic rings. The quantitative estimate of drug-likeness (QED) is 0.579. The Bertz CT molecular complexity index is 825. The second-order valence-electron chi connectivity index (χ2n) is 7.82. The Morgan fingerprint density at radius 2 is 1.97 bits per heavy atom. The van der Waals surface area contributed by atoms with Crippen molar-refractivity contribution in [1.29, 1.82) is 0 Å². The van der Waals surface area contributed by atoms with E-state index in [9.17, 15) is 0 Å². The molecule has 160 valence electrons. The zero-order valence-electron chi connectivity index (χ0n) is 18.5. The minimum absolute atomic E-state index is 0.638. The molecule has 0 fully saturated rings. The molecule has 3 rings (SSSR count). The molecule has 1 aliphatic rings. The van der Waals surface area contributed by atoms with Crippen LogP contribution in [0.3, 0.4) is 0 Å². The number of anilines is 1. The smallest absolute Gasteiger partial charge is 0.163 e. The molecule has 0 aliphatic heterocycles. The third-order valence-electron chi connectivity index (χ3n) is 5.74. The van der Waals surface area contributed by atoms with Crippen LogP contribution in [0.25, 0.3) is 10.9 Å². The van der Waals surface area contributed by atoms with Gasteiger partial charge in [0.15, 0.2) is 11.5 Å². The van der Waals surface area contributed by atoms with E-state index in [-0.39, 0.29) is 0 Å². The Kier molecular flexibility index (Phi) is 7.56. The molecule has 0 radical (unpaired) electrons. The van der Waals surface area contributed by atoms with Gasteiger partial charge < -0.3 is 24.4 Å². The van der Waals surface area contributed by atoms with Crippen molar-refractivity contribution in [3.63, 3.8) is 0 Å². The van der Waals surface area contributed by atoms with Gasteiger partial charge in [-0.05, 0) is 43.4 Å². The summed E-state index contributed by atoms with van der Waals surface area (Å²) < 4.78 is 16.9. The molecule has 1 atom stereocenters. The van der Waals surface area contributed by atoms with E-state index in [4.69, 9.17) is 19.2 Å². The number of nitrogens with one attached hydrogen (secondary N) is 1. The number of nitrogens with zero attached hydrogens (tertiary/aromatic N) is 2. The van der Waals surface area contributed by atoms with Gasteiger partial charge in [0.2, 0.25) is 0 Å². The first-order valence-electron chi connectivity index (χ1n) is 10.7. The summed E-state index contributed by atoms with van der Waals surface area (Å²) >= 11 is 0. The van der Waals surface area contributed by atoms with Crippen LogP contribution in [0.15, 0.2) is 12.1 Å². The minimum Gasteiger partial charge on any atom is -0.493 e. The van der Waals surface area contributed by atoms with E-state index < -0.39 is 0 Å². The van der Waals surface area contributed by atoms with E-state index >= 15 is 0 Å². The molecular formula is C23H35N3O3. The van der Waals surface area contributed by atoms with Gasteiger partial charge in [-0.3, -0.25) is 4.98 Å². The molecule has 0 amide bonds. The molecule has 1 N–H and O–H groups in total. The zero-order chi connectivity index (χ0) is 20.8. The fourth-order valence-electron chi connectivity index (χ4n) is 4.18. The first-order chi connectivity index (χ1) is 14.1. The lowest BCUT2D eigenvalue weighted by Crippen LogP contribution is -2.29. The van der Waals surface area contributed by atoms with Crippen molar-refractivity contribution in [3.8, 4) is 11.5 Å². The highest BCUT2D eigenvalue weighted by Gasteiger charge is 2.24. The van der Waals surface area contributed by atoms with Gasteiger partial charge in [-0.25, -0.2) is 0 Å². The highest BCUT2D eigenvalue weighted by Crippen LogP contribution is 2.40. The number of ether oxygens (including phenoxy) is 3. The lowest BCUT2D eigenvalue weighted by atomic mass is 10.1. The van der Waals surface area contributed by atoms with Crippen LogP contribution < -0.4 is 14.8 Å². The zero-order valence-corrected chi connectivity index (χ0v) is 18.5. The molecule has 1 aliphatic carbocycles. The van der Waals surface area contributed by atoms with Gasteiger partial charge in [0.05, 0.1) is 25.8 Å². The van der Waals surface area contributed by atoms with Crippen molar-refractivity contribution in [2.45, 2.75) is 33.1 Å². The maximum Gasteiger partial charge on any atom is 0.163 e. The van der Waals surface area contributed by atoms with Crippen molar-refractivity contribution >= 4 is 16.6 Å².